The third kappa shape index (κ3) is 5.03. The van der Waals surface area contributed by atoms with Gasteiger partial charge in [-0.1, -0.05) is 6.92 Å². The van der Waals surface area contributed by atoms with E-state index in [1.54, 1.807) is 17.3 Å². The van der Waals surface area contributed by atoms with Gasteiger partial charge < -0.3 is 19.1 Å². The Morgan fingerprint density at radius 2 is 1.84 bits per heavy atom. The third-order valence-corrected chi connectivity index (χ3v) is 6.94. The van der Waals surface area contributed by atoms with Crippen molar-refractivity contribution in [3.05, 3.63) is 72.2 Å². The monoisotopic (exact) mass is 523 g/mol. The number of halogens is 3. The zero-order valence-corrected chi connectivity index (χ0v) is 21.2. The lowest BCUT2D eigenvalue weighted by Crippen LogP contribution is -2.49. The van der Waals surface area contributed by atoms with Gasteiger partial charge in [0.1, 0.15) is 12.2 Å². The summed E-state index contributed by atoms with van der Waals surface area (Å²) in [6, 6.07) is 11.4. The van der Waals surface area contributed by atoms with Gasteiger partial charge >= 0.3 is 6.18 Å². The van der Waals surface area contributed by atoms with Crippen molar-refractivity contribution in [2.24, 2.45) is 0 Å². The van der Waals surface area contributed by atoms with Gasteiger partial charge in [0.2, 0.25) is 11.8 Å². The molecule has 4 aromatic rings. The second kappa shape index (κ2) is 10.4. The molecule has 0 bridgehead atoms. The molecule has 0 N–H and O–H groups in total. The summed E-state index contributed by atoms with van der Waals surface area (Å²) >= 11 is 0. The van der Waals surface area contributed by atoms with Crippen LogP contribution >= 0.6 is 0 Å². The van der Waals surface area contributed by atoms with Crippen molar-refractivity contribution in [2.45, 2.75) is 26.1 Å². The normalized spacial score (nSPS) is 14.2. The molecule has 1 amide bonds. The molecule has 1 aliphatic rings. The maximum absolute atomic E-state index is 13.6. The number of methoxy groups -OCH3 is 1. The van der Waals surface area contributed by atoms with Crippen LogP contribution in [0.15, 0.2) is 61.1 Å². The molecule has 198 valence electrons. The zero-order valence-electron chi connectivity index (χ0n) is 21.2. The van der Waals surface area contributed by atoms with Gasteiger partial charge in [0.15, 0.2) is 0 Å². The number of benzene rings is 1. The number of fused-ring (bicyclic) bond motifs is 1. The molecule has 38 heavy (non-hydrogen) atoms. The zero-order chi connectivity index (χ0) is 26.9. The molecular formula is C28H28F3N5O2. The third-order valence-electron chi connectivity index (χ3n) is 6.94. The second-order valence-corrected chi connectivity index (χ2v) is 9.20. The number of hydrogen-bond acceptors (Lipinski definition) is 5. The quantitative estimate of drug-likeness (QED) is 0.355. The van der Waals surface area contributed by atoms with Crippen molar-refractivity contribution in [3.8, 4) is 17.0 Å². The summed E-state index contributed by atoms with van der Waals surface area (Å²) in [6.45, 7) is 4.06. The number of amides is 1. The van der Waals surface area contributed by atoms with Crippen LogP contribution in [0.1, 0.15) is 18.1 Å². The number of ether oxygens (including phenoxy) is 1. The molecule has 0 unspecified atom stereocenters. The Morgan fingerprint density at radius 3 is 2.55 bits per heavy atom. The predicted octanol–water partition coefficient (Wildman–Crippen LogP) is 5.04. The van der Waals surface area contributed by atoms with Gasteiger partial charge in [-0.05, 0) is 48.9 Å². The summed E-state index contributed by atoms with van der Waals surface area (Å²) in [4.78, 5) is 25.6. The number of carbonyl (C=O) groups is 1. The van der Waals surface area contributed by atoms with Crippen LogP contribution in [0.5, 0.6) is 5.88 Å². The molecule has 3 aromatic heterocycles. The van der Waals surface area contributed by atoms with Gasteiger partial charge in [-0.3, -0.25) is 4.79 Å². The van der Waals surface area contributed by atoms with Crippen molar-refractivity contribution in [1.29, 1.82) is 0 Å². The molecule has 1 aromatic carbocycles. The van der Waals surface area contributed by atoms with E-state index in [-0.39, 0.29) is 12.5 Å². The second-order valence-electron chi connectivity index (χ2n) is 9.20. The van der Waals surface area contributed by atoms with Gasteiger partial charge in [0.25, 0.3) is 0 Å². The maximum Gasteiger partial charge on any atom is 0.416 e. The van der Waals surface area contributed by atoms with E-state index in [0.717, 1.165) is 22.7 Å². The standard InChI is InChI=1S/C28H28F3N5O2/c1-3-19-15-21(17-33-27(19)38-2)23-16-22(28(29,30)31)6-7-24(23)34-11-13-35(14-12-34)25(37)18-36-10-8-20-5-4-9-32-26(20)36/h4-10,15-17H,3,11-14,18H2,1-2H3. The summed E-state index contributed by atoms with van der Waals surface area (Å²) in [6.07, 6.45) is 1.26. The van der Waals surface area contributed by atoms with Crippen LogP contribution < -0.4 is 9.64 Å². The van der Waals surface area contributed by atoms with E-state index in [9.17, 15) is 18.0 Å². The van der Waals surface area contributed by atoms with Gasteiger partial charge in [-0.25, -0.2) is 9.97 Å². The minimum absolute atomic E-state index is 0.0209. The van der Waals surface area contributed by atoms with Crippen LogP contribution in [0, 0.1) is 0 Å². The smallest absolute Gasteiger partial charge is 0.416 e. The van der Waals surface area contributed by atoms with Gasteiger partial charge in [-0.15, -0.1) is 0 Å². The molecule has 0 aliphatic carbocycles. The fourth-order valence-corrected chi connectivity index (χ4v) is 4.89. The summed E-state index contributed by atoms with van der Waals surface area (Å²) in [5, 5.41) is 0.971. The highest BCUT2D eigenvalue weighted by molar-refractivity contribution is 5.82. The largest absolute Gasteiger partial charge is 0.481 e. The molecule has 7 nitrogen and oxygen atoms in total. The molecule has 1 aliphatic heterocycles. The van der Waals surface area contributed by atoms with Gasteiger partial charge in [-0.2, -0.15) is 13.2 Å². The topological polar surface area (TPSA) is 63.5 Å². The first-order valence-electron chi connectivity index (χ1n) is 12.5. The van der Waals surface area contributed by atoms with E-state index in [2.05, 4.69) is 9.97 Å². The Hall–Kier alpha value is -4.08. The van der Waals surface area contributed by atoms with Gasteiger partial charge in [0, 0.05) is 72.5 Å². The first-order valence-corrected chi connectivity index (χ1v) is 12.5. The number of aryl methyl sites for hydroxylation is 1. The van der Waals surface area contributed by atoms with Crippen molar-refractivity contribution in [1.82, 2.24) is 19.4 Å². The number of aromatic nitrogens is 3. The first-order chi connectivity index (χ1) is 18.3. The highest BCUT2D eigenvalue weighted by Gasteiger charge is 2.32. The van der Waals surface area contributed by atoms with E-state index >= 15 is 0 Å². The first kappa shape index (κ1) is 25.6. The van der Waals surface area contributed by atoms with E-state index in [1.165, 1.54) is 19.2 Å². The number of anilines is 1. The highest BCUT2D eigenvalue weighted by Crippen LogP contribution is 2.38. The fourth-order valence-electron chi connectivity index (χ4n) is 4.89. The molecule has 5 rings (SSSR count). The maximum atomic E-state index is 13.6. The van der Waals surface area contributed by atoms with E-state index in [4.69, 9.17) is 4.74 Å². The molecule has 4 heterocycles. The Balaban J connectivity index is 1.37. The molecule has 10 heteroatoms. The number of nitrogens with zero attached hydrogens (tertiary/aromatic N) is 5. The van der Waals surface area contributed by atoms with Crippen molar-refractivity contribution < 1.29 is 22.7 Å². The van der Waals surface area contributed by atoms with Gasteiger partial charge in [0.05, 0.1) is 12.7 Å². The minimum Gasteiger partial charge on any atom is -0.481 e. The summed E-state index contributed by atoms with van der Waals surface area (Å²) < 4.78 is 48.0. The van der Waals surface area contributed by atoms with Crippen LogP contribution in [0.4, 0.5) is 18.9 Å². The van der Waals surface area contributed by atoms with Crippen LogP contribution in [0.25, 0.3) is 22.2 Å². The minimum atomic E-state index is -4.47. The molecule has 0 spiro atoms. The predicted molar refractivity (Wildman–Crippen MR) is 139 cm³/mol. The average molecular weight is 524 g/mol. The van der Waals surface area contributed by atoms with Crippen LogP contribution in [-0.2, 0) is 23.9 Å². The van der Waals surface area contributed by atoms with Crippen LogP contribution in [0.3, 0.4) is 0 Å². The lowest BCUT2D eigenvalue weighted by Gasteiger charge is -2.37. The molecular weight excluding hydrogens is 495 g/mol. The van der Waals surface area contributed by atoms with Crippen molar-refractivity contribution >= 4 is 22.6 Å². The summed E-state index contributed by atoms with van der Waals surface area (Å²) in [5.74, 6) is 0.440. The van der Waals surface area contributed by atoms with Crippen molar-refractivity contribution in [2.75, 3.05) is 38.2 Å². The lowest BCUT2D eigenvalue weighted by atomic mass is 9.99. The lowest BCUT2D eigenvalue weighted by molar-refractivity contribution is -0.137. The SMILES string of the molecule is CCc1cc(-c2cc(C(F)(F)F)ccc2N2CCN(C(=O)Cn3ccc4cccnc43)CC2)cnc1OC. The Labute approximate surface area is 218 Å². The van der Waals surface area contributed by atoms with Crippen LogP contribution in [0.2, 0.25) is 0 Å². The summed E-state index contributed by atoms with van der Waals surface area (Å²) in [7, 11) is 1.52. The number of hydrogen-bond donors (Lipinski definition) is 0. The average Bonchev–Trinajstić information content (AvgIpc) is 3.34. The number of pyridine rings is 2. The van der Waals surface area contributed by atoms with E-state index < -0.39 is 11.7 Å². The number of alkyl halides is 3. The Morgan fingerprint density at radius 1 is 1.05 bits per heavy atom. The number of rotatable bonds is 6. The number of carbonyl (C=O) groups excluding carboxylic acids is 1. The molecule has 0 radical (unpaired) electrons. The number of piperazine rings is 1. The summed E-state index contributed by atoms with van der Waals surface area (Å²) in [5.41, 5.74) is 2.58. The highest BCUT2D eigenvalue weighted by atomic mass is 19.4. The Bertz CT molecular complexity index is 1460. The fraction of sp³-hybridized carbons (Fsp3) is 0.321. The molecule has 1 fully saturated rings. The van der Waals surface area contributed by atoms with Crippen LogP contribution in [-0.4, -0.2) is 58.6 Å². The Kier molecular flexibility index (Phi) is 6.96. The molecule has 0 atom stereocenters. The van der Waals surface area contributed by atoms with Crippen molar-refractivity contribution in [3.63, 3.8) is 0 Å². The van der Waals surface area contributed by atoms with E-state index in [0.29, 0.717) is 55.3 Å². The molecule has 1 saturated heterocycles. The molecule has 0 saturated carbocycles. The van der Waals surface area contributed by atoms with E-state index in [1.807, 2.05) is 46.9 Å².